The number of halogens is 6. The average molecular weight is 422 g/mol. The molecule has 1 N–H and O–H groups in total. The zero-order valence-electron chi connectivity index (χ0n) is 14.5. The van der Waals surface area contributed by atoms with Crippen LogP contribution in [0.4, 0.5) is 26.3 Å². The molecule has 1 aromatic rings. The Bertz CT molecular complexity index is 841. The van der Waals surface area contributed by atoms with Crippen LogP contribution in [-0.4, -0.2) is 42.6 Å². The topological polar surface area (TPSA) is 80.7 Å². The van der Waals surface area contributed by atoms with Crippen molar-refractivity contribution in [2.45, 2.75) is 45.6 Å². The predicted octanol–water partition coefficient (Wildman–Crippen LogP) is 3.83. The maximum Gasteiger partial charge on any atom is 0.438 e. The Morgan fingerprint density at radius 2 is 1.41 bits per heavy atom. The first-order valence-corrected chi connectivity index (χ1v) is 8.84. The summed E-state index contributed by atoms with van der Waals surface area (Å²) in [6.45, 7) is 5.93. The molecule has 1 aromatic carbocycles. The van der Waals surface area contributed by atoms with E-state index in [-0.39, 0.29) is 5.56 Å². The minimum atomic E-state index is -6.36. The number of alkyl halides is 6. The fraction of sp³-hybridized carbons (Fsp3) is 0.533. The molecule has 27 heavy (non-hydrogen) atoms. The van der Waals surface area contributed by atoms with Gasteiger partial charge in [0, 0.05) is 0 Å². The third-order valence-electron chi connectivity index (χ3n) is 4.27. The highest BCUT2D eigenvalue weighted by molar-refractivity contribution is 7.85. The second kappa shape index (κ2) is 6.97. The number of aryl methyl sites for hydroxylation is 1. The van der Waals surface area contributed by atoms with E-state index < -0.39 is 45.4 Å². The van der Waals surface area contributed by atoms with Crippen LogP contribution in [-0.2, 0) is 14.9 Å². The van der Waals surface area contributed by atoms with Crippen molar-refractivity contribution >= 4 is 16.1 Å². The summed E-state index contributed by atoms with van der Waals surface area (Å²) in [6, 6.07) is 1.05. The number of hydrogen-bond acceptors (Lipinski definition) is 4. The second-order valence-corrected chi connectivity index (χ2v) is 7.51. The average Bonchev–Trinajstić information content (AvgIpc) is 2.44. The van der Waals surface area contributed by atoms with E-state index in [4.69, 9.17) is 4.55 Å². The van der Waals surface area contributed by atoms with Crippen molar-refractivity contribution < 1.29 is 48.8 Å². The molecule has 0 atom stereocenters. The fourth-order valence-electron chi connectivity index (χ4n) is 2.36. The zero-order valence-corrected chi connectivity index (χ0v) is 15.4. The van der Waals surface area contributed by atoms with E-state index >= 15 is 0 Å². The Morgan fingerprint density at radius 1 is 0.963 bits per heavy atom. The molecule has 0 aromatic heterocycles. The predicted molar refractivity (Wildman–Crippen MR) is 82.1 cm³/mol. The maximum absolute atomic E-state index is 13.2. The van der Waals surface area contributed by atoms with Crippen molar-refractivity contribution in [3.63, 3.8) is 0 Å². The van der Waals surface area contributed by atoms with E-state index in [1.54, 1.807) is 6.92 Å². The lowest BCUT2D eigenvalue weighted by Gasteiger charge is -2.35. The molecule has 154 valence electrons. The monoisotopic (exact) mass is 422 g/mol. The van der Waals surface area contributed by atoms with Gasteiger partial charge in [0.05, 0.1) is 5.56 Å². The molecular weight excluding hydrogens is 406 g/mol. The smallest absolute Gasteiger partial charge is 0.435 e. The lowest BCUT2D eigenvalue weighted by Crippen LogP contribution is -2.63. The van der Waals surface area contributed by atoms with Crippen LogP contribution in [0.1, 0.15) is 32.6 Å². The van der Waals surface area contributed by atoms with Gasteiger partial charge in [0.2, 0.25) is 0 Å². The molecule has 0 aliphatic heterocycles. The van der Waals surface area contributed by atoms with E-state index in [2.05, 4.69) is 4.74 Å². The lowest BCUT2D eigenvalue weighted by atomic mass is 9.94. The van der Waals surface area contributed by atoms with Crippen LogP contribution in [0.2, 0.25) is 0 Å². The molecular formula is C15H16F6O5S. The van der Waals surface area contributed by atoms with Crippen molar-refractivity contribution in [3.05, 3.63) is 33.9 Å². The van der Waals surface area contributed by atoms with E-state index in [9.17, 15) is 39.6 Å². The molecule has 5 nitrogen and oxygen atoms in total. The fourth-order valence-corrected chi connectivity index (χ4v) is 3.26. The van der Waals surface area contributed by atoms with Gasteiger partial charge in [-0.1, -0.05) is 0 Å². The number of rotatable bonds is 4. The molecule has 12 heteroatoms. The summed E-state index contributed by atoms with van der Waals surface area (Å²) in [7, 11) is -5.83. The van der Waals surface area contributed by atoms with E-state index in [0.717, 1.165) is 6.07 Å². The Balaban J connectivity index is 3.63. The highest BCUT2D eigenvalue weighted by Crippen LogP contribution is 2.47. The molecule has 0 heterocycles. The van der Waals surface area contributed by atoms with Crippen LogP contribution in [0, 0.1) is 27.7 Å². The van der Waals surface area contributed by atoms with E-state index in [1.807, 2.05) is 0 Å². The standard InChI is InChI=1S/C15H16F6O5S/c1-7-5-11(10(4)9(3)8(7)2)12(22)26-13(14(16,17)18,15(19,20)21)6-27(23,24)25/h5H,6H2,1-4H3,(H,23,24,25). The van der Waals surface area contributed by atoms with Gasteiger partial charge >= 0.3 is 23.9 Å². The van der Waals surface area contributed by atoms with Gasteiger partial charge in [-0.3, -0.25) is 4.55 Å². The number of benzene rings is 1. The van der Waals surface area contributed by atoms with Gasteiger partial charge < -0.3 is 4.74 Å². The summed E-state index contributed by atoms with van der Waals surface area (Å²) in [4.78, 5) is 12.2. The van der Waals surface area contributed by atoms with Crippen LogP contribution in [0.25, 0.3) is 0 Å². The molecule has 0 saturated heterocycles. The molecule has 0 aliphatic carbocycles. The van der Waals surface area contributed by atoms with Gasteiger partial charge in [-0.05, 0) is 56.0 Å². The molecule has 0 aliphatic rings. The van der Waals surface area contributed by atoms with Crippen molar-refractivity contribution in [1.82, 2.24) is 0 Å². The quantitative estimate of drug-likeness (QED) is 0.453. The molecule has 0 radical (unpaired) electrons. The van der Waals surface area contributed by atoms with Crippen LogP contribution in [0.15, 0.2) is 6.07 Å². The molecule has 1 rings (SSSR count). The summed E-state index contributed by atoms with van der Waals surface area (Å²) < 4.78 is 113. The Morgan fingerprint density at radius 3 is 1.78 bits per heavy atom. The molecule has 0 saturated carbocycles. The molecule has 0 spiro atoms. The number of hydrogen-bond donors (Lipinski definition) is 1. The minimum absolute atomic E-state index is 0.0770. The van der Waals surface area contributed by atoms with Crippen molar-refractivity contribution in [2.24, 2.45) is 0 Å². The summed E-state index contributed by atoms with van der Waals surface area (Å²) in [5.74, 6) is -4.93. The molecule has 0 fully saturated rings. The van der Waals surface area contributed by atoms with Gasteiger partial charge in [0.25, 0.3) is 10.1 Å². The van der Waals surface area contributed by atoms with E-state index in [0.29, 0.717) is 16.7 Å². The van der Waals surface area contributed by atoms with Gasteiger partial charge in [-0.2, -0.15) is 34.8 Å². The van der Waals surface area contributed by atoms with Crippen LogP contribution in [0.3, 0.4) is 0 Å². The SMILES string of the molecule is Cc1cc(C(=O)OC(CS(=O)(=O)O)(C(F)(F)F)C(F)(F)F)c(C)c(C)c1C. The summed E-state index contributed by atoms with van der Waals surface area (Å²) >= 11 is 0. The largest absolute Gasteiger partial charge is 0.438 e. The summed E-state index contributed by atoms with van der Waals surface area (Å²) in [6.07, 6.45) is -12.7. The zero-order chi connectivity index (χ0) is 21.6. The second-order valence-electron chi connectivity index (χ2n) is 6.05. The van der Waals surface area contributed by atoms with Crippen molar-refractivity contribution in [3.8, 4) is 0 Å². The van der Waals surface area contributed by atoms with Gasteiger partial charge in [-0.25, -0.2) is 4.79 Å². The lowest BCUT2D eigenvalue weighted by molar-refractivity contribution is -0.356. The van der Waals surface area contributed by atoms with Gasteiger partial charge in [-0.15, -0.1) is 0 Å². The molecule has 0 bridgehead atoms. The third kappa shape index (κ3) is 4.54. The van der Waals surface area contributed by atoms with Gasteiger partial charge in [0.15, 0.2) is 0 Å². The number of carbonyl (C=O) groups is 1. The first-order chi connectivity index (χ1) is 11.8. The van der Waals surface area contributed by atoms with Crippen LogP contribution in [0.5, 0.6) is 0 Å². The Labute approximate surface area is 151 Å². The van der Waals surface area contributed by atoms with Crippen molar-refractivity contribution in [2.75, 3.05) is 5.75 Å². The highest BCUT2D eigenvalue weighted by Gasteiger charge is 2.76. The summed E-state index contributed by atoms with van der Waals surface area (Å²) in [5.41, 5.74) is -4.41. The molecule has 0 amide bonds. The first kappa shape index (κ1) is 23.2. The summed E-state index contributed by atoms with van der Waals surface area (Å²) in [5, 5.41) is 0. The van der Waals surface area contributed by atoms with E-state index in [1.165, 1.54) is 20.8 Å². The van der Waals surface area contributed by atoms with Crippen LogP contribution < -0.4 is 0 Å². The van der Waals surface area contributed by atoms with Gasteiger partial charge in [0.1, 0.15) is 5.75 Å². The number of esters is 1. The number of ether oxygens (including phenoxy) is 1. The highest BCUT2D eigenvalue weighted by atomic mass is 32.2. The first-order valence-electron chi connectivity index (χ1n) is 7.23. The normalized spacial score (nSPS) is 13.6. The van der Waals surface area contributed by atoms with Crippen molar-refractivity contribution in [1.29, 1.82) is 0 Å². The minimum Gasteiger partial charge on any atom is -0.435 e. The Kier molecular flexibility index (Phi) is 5.99. The third-order valence-corrected chi connectivity index (χ3v) is 5.04. The number of carbonyl (C=O) groups excluding carboxylic acids is 1. The van der Waals surface area contributed by atoms with Crippen LogP contribution >= 0.6 is 0 Å². The Hall–Kier alpha value is -1.82. The maximum atomic E-state index is 13.2. The molecule has 0 unspecified atom stereocenters.